The molecule has 4 rings (SSSR count). The van der Waals surface area contributed by atoms with Gasteiger partial charge in [0.1, 0.15) is 11.5 Å². The number of aromatic nitrogens is 1. The second-order valence-electron chi connectivity index (χ2n) is 7.76. The minimum Gasteiger partial charge on any atom is -0.493 e. The first-order valence-electron chi connectivity index (χ1n) is 10.9. The minimum absolute atomic E-state index is 0.0377. The summed E-state index contributed by atoms with van der Waals surface area (Å²) >= 11 is 1.35. The van der Waals surface area contributed by atoms with Crippen LogP contribution in [0.2, 0.25) is 0 Å². The highest BCUT2D eigenvalue weighted by molar-refractivity contribution is 7.92. The summed E-state index contributed by atoms with van der Waals surface area (Å²) in [6.45, 7) is 0. The fraction of sp³-hybridized carbons (Fsp3) is 0.115. The number of sulfonamides is 1. The van der Waals surface area contributed by atoms with Gasteiger partial charge in [0.15, 0.2) is 11.6 Å². The number of ether oxygens (including phenoxy) is 2. The number of halogens is 1. The summed E-state index contributed by atoms with van der Waals surface area (Å²) in [5.74, 6) is -0.690. The number of hydrogen-bond acceptors (Lipinski definition) is 8. The van der Waals surface area contributed by atoms with E-state index in [1.807, 2.05) is 6.07 Å². The lowest BCUT2D eigenvalue weighted by molar-refractivity contribution is -0.117. The maximum Gasteiger partial charge on any atom is 0.261 e. The molecule has 0 saturated heterocycles. The number of benzene rings is 3. The van der Waals surface area contributed by atoms with E-state index in [4.69, 9.17) is 14.7 Å². The van der Waals surface area contributed by atoms with E-state index in [0.717, 1.165) is 0 Å². The number of ketones is 1. The van der Waals surface area contributed by atoms with Gasteiger partial charge < -0.3 is 9.47 Å². The number of methoxy groups -OCH3 is 1. The van der Waals surface area contributed by atoms with Crippen LogP contribution >= 0.6 is 11.3 Å². The maximum atomic E-state index is 14.5. The lowest BCUT2D eigenvalue weighted by Crippen LogP contribution is -2.14. The first-order chi connectivity index (χ1) is 17.8. The summed E-state index contributed by atoms with van der Waals surface area (Å²) in [5, 5.41) is 11.3. The van der Waals surface area contributed by atoms with E-state index in [-0.39, 0.29) is 46.5 Å². The summed E-state index contributed by atoms with van der Waals surface area (Å²) in [5.41, 5.74) is 0.839. The first kappa shape index (κ1) is 25.8. The van der Waals surface area contributed by atoms with Crippen molar-refractivity contribution in [2.75, 3.05) is 11.8 Å². The highest BCUT2D eigenvalue weighted by Gasteiger charge is 2.19. The SMILES string of the molecule is COc1cccc(F)c1Oc1ccc(NS(=O)(=O)c2ccc(C#N)cc2)cc1CC(=O)Cc1nccs1. The molecule has 0 spiro atoms. The molecule has 1 heterocycles. The quantitative estimate of drug-likeness (QED) is 0.299. The molecule has 0 fully saturated rings. The van der Waals surface area contributed by atoms with Gasteiger partial charge in [0, 0.05) is 29.2 Å². The summed E-state index contributed by atoms with van der Waals surface area (Å²) in [6, 6.07) is 16.0. The third kappa shape index (κ3) is 6.30. The summed E-state index contributed by atoms with van der Waals surface area (Å²) in [6.07, 6.45) is 1.57. The van der Waals surface area contributed by atoms with E-state index in [1.165, 1.54) is 79.1 Å². The van der Waals surface area contributed by atoms with Crippen LogP contribution in [-0.4, -0.2) is 26.3 Å². The number of carbonyl (C=O) groups excluding carboxylic acids is 1. The molecule has 1 N–H and O–H groups in total. The van der Waals surface area contributed by atoms with Gasteiger partial charge in [-0.2, -0.15) is 5.26 Å². The number of rotatable bonds is 10. The van der Waals surface area contributed by atoms with Crippen molar-refractivity contribution >= 4 is 32.8 Å². The van der Waals surface area contributed by atoms with Gasteiger partial charge in [-0.3, -0.25) is 9.52 Å². The normalized spacial score (nSPS) is 10.9. The number of anilines is 1. The van der Waals surface area contributed by atoms with E-state index in [9.17, 15) is 17.6 Å². The van der Waals surface area contributed by atoms with Crippen LogP contribution in [0.25, 0.3) is 0 Å². The minimum atomic E-state index is -3.99. The van der Waals surface area contributed by atoms with Crippen LogP contribution < -0.4 is 14.2 Å². The Kier molecular flexibility index (Phi) is 7.81. The van der Waals surface area contributed by atoms with Gasteiger partial charge in [-0.15, -0.1) is 11.3 Å². The predicted octanol–water partition coefficient (Wildman–Crippen LogP) is 5.11. The van der Waals surface area contributed by atoms with Crippen LogP contribution in [0.15, 0.2) is 77.1 Å². The largest absolute Gasteiger partial charge is 0.493 e. The smallest absolute Gasteiger partial charge is 0.261 e. The van der Waals surface area contributed by atoms with E-state index in [1.54, 1.807) is 11.6 Å². The molecule has 0 radical (unpaired) electrons. The number of Topliss-reactive ketones (excluding diaryl/α,β-unsaturated/α-hetero) is 1. The zero-order valence-corrected chi connectivity index (χ0v) is 21.1. The van der Waals surface area contributed by atoms with Crippen molar-refractivity contribution in [3.63, 3.8) is 0 Å². The van der Waals surface area contributed by atoms with Crippen molar-refractivity contribution in [3.8, 4) is 23.3 Å². The Bertz CT molecular complexity index is 1570. The molecular weight excluding hydrogens is 517 g/mol. The van der Waals surface area contributed by atoms with Crippen LogP contribution in [0.4, 0.5) is 10.1 Å². The van der Waals surface area contributed by atoms with E-state index < -0.39 is 15.8 Å². The second-order valence-corrected chi connectivity index (χ2v) is 10.4. The van der Waals surface area contributed by atoms with Crippen LogP contribution in [-0.2, 0) is 27.7 Å². The third-order valence-corrected chi connectivity index (χ3v) is 7.37. The van der Waals surface area contributed by atoms with E-state index >= 15 is 0 Å². The van der Waals surface area contributed by atoms with Gasteiger partial charge in [-0.05, 0) is 54.6 Å². The van der Waals surface area contributed by atoms with Crippen LogP contribution in [0.3, 0.4) is 0 Å². The number of nitrogens with zero attached hydrogens (tertiary/aromatic N) is 2. The molecule has 188 valence electrons. The van der Waals surface area contributed by atoms with Crippen LogP contribution in [0.5, 0.6) is 17.2 Å². The highest BCUT2D eigenvalue weighted by atomic mass is 32.2. The van der Waals surface area contributed by atoms with Gasteiger partial charge in [-0.25, -0.2) is 17.8 Å². The fourth-order valence-electron chi connectivity index (χ4n) is 3.45. The molecule has 0 amide bonds. The van der Waals surface area contributed by atoms with E-state index in [2.05, 4.69) is 9.71 Å². The maximum absolute atomic E-state index is 14.5. The molecule has 0 unspecified atom stereocenters. The molecule has 0 saturated carbocycles. The zero-order valence-electron chi connectivity index (χ0n) is 19.5. The fourth-order valence-corrected chi connectivity index (χ4v) is 5.14. The Morgan fingerprint density at radius 2 is 1.89 bits per heavy atom. The zero-order chi connectivity index (χ0) is 26.4. The number of hydrogen-bond donors (Lipinski definition) is 1. The van der Waals surface area contributed by atoms with Crippen molar-refractivity contribution in [1.29, 1.82) is 5.26 Å². The number of thiazole rings is 1. The third-order valence-electron chi connectivity index (χ3n) is 5.19. The average Bonchev–Trinajstić information content (AvgIpc) is 3.39. The Balaban J connectivity index is 1.66. The summed E-state index contributed by atoms with van der Waals surface area (Å²) in [4.78, 5) is 16.9. The monoisotopic (exact) mass is 537 g/mol. The molecule has 37 heavy (non-hydrogen) atoms. The standard InChI is InChI=1S/C26H20FN3O5S2/c1-34-24-4-2-3-22(27)26(24)35-23-10-7-19(13-18(23)14-20(31)15-25-29-11-12-36-25)30-37(32,33)21-8-5-17(16-28)6-9-21/h2-13,30H,14-15H2,1H3. The van der Waals surface area contributed by atoms with Gasteiger partial charge >= 0.3 is 0 Å². The van der Waals surface area contributed by atoms with Crippen molar-refractivity contribution in [2.45, 2.75) is 17.7 Å². The van der Waals surface area contributed by atoms with Gasteiger partial charge in [0.25, 0.3) is 10.0 Å². The summed E-state index contributed by atoms with van der Waals surface area (Å²) < 4.78 is 53.8. The number of carbonyl (C=O) groups is 1. The molecule has 3 aromatic carbocycles. The van der Waals surface area contributed by atoms with Crippen molar-refractivity contribution in [1.82, 2.24) is 4.98 Å². The Morgan fingerprint density at radius 3 is 2.57 bits per heavy atom. The predicted molar refractivity (Wildman–Crippen MR) is 136 cm³/mol. The first-order valence-corrected chi connectivity index (χ1v) is 13.2. The number of nitriles is 1. The van der Waals surface area contributed by atoms with Gasteiger partial charge in [0.05, 0.1) is 35.1 Å². The highest BCUT2D eigenvalue weighted by Crippen LogP contribution is 2.36. The Morgan fingerprint density at radius 1 is 1.11 bits per heavy atom. The van der Waals surface area contributed by atoms with E-state index in [0.29, 0.717) is 16.1 Å². The van der Waals surface area contributed by atoms with Gasteiger partial charge in [-0.1, -0.05) is 6.07 Å². The van der Waals surface area contributed by atoms with Crippen molar-refractivity contribution < 1.29 is 27.1 Å². The van der Waals surface area contributed by atoms with Crippen molar-refractivity contribution in [3.05, 3.63) is 94.2 Å². The molecule has 0 aliphatic rings. The second kappa shape index (κ2) is 11.2. The molecular formula is C26H20FN3O5S2. The van der Waals surface area contributed by atoms with Crippen LogP contribution in [0, 0.1) is 17.1 Å². The lowest BCUT2D eigenvalue weighted by atomic mass is 10.1. The molecule has 0 aliphatic carbocycles. The lowest BCUT2D eigenvalue weighted by Gasteiger charge is -2.16. The molecule has 0 bridgehead atoms. The molecule has 0 aliphatic heterocycles. The number of nitrogens with one attached hydrogen (secondary N) is 1. The molecule has 11 heteroatoms. The van der Waals surface area contributed by atoms with Gasteiger partial charge in [0.2, 0.25) is 5.75 Å². The van der Waals surface area contributed by atoms with Crippen LogP contribution in [0.1, 0.15) is 16.1 Å². The number of para-hydroxylation sites is 1. The molecule has 8 nitrogen and oxygen atoms in total. The summed E-state index contributed by atoms with van der Waals surface area (Å²) in [7, 11) is -2.61. The average molecular weight is 538 g/mol. The molecule has 4 aromatic rings. The Hall–Kier alpha value is -4.27. The molecule has 1 aromatic heterocycles. The molecule has 0 atom stereocenters. The Labute approximate surface area is 217 Å². The van der Waals surface area contributed by atoms with Crippen molar-refractivity contribution in [2.24, 2.45) is 0 Å². The topological polar surface area (TPSA) is 118 Å².